The molecular weight excluding hydrogens is 264 g/mol. The number of piperidine rings is 1. The van der Waals surface area contributed by atoms with Crippen LogP contribution >= 0.6 is 0 Å². The normalized spacial score (nSPS) is 22.3. The molecule has 1 aromatic rings. The van der Waals surface area contributed by atoms with Gasteiger partial charge in [0.2, 0.25) is 0 Å². The second-order valence-corrected chi connectivity index (χ2v) is 6.40. The van der Waals surface area contributed by atoms with E-state index >= 15 is 0 Å². The molecule has 21 heavy (non-hydrogen) atoms. The van der Waals surface area contributed by atoms with Crippen molar-refractivity contribution >= 4 is 5.91 Å². The van der Waals surface area contributed by atoms with Crippen LogP contribution < -0.4 is 5.32 Å². The summed E-state index contributed by atoms with van der Waals surface area (Å²) in [7, 11) is 1.87. The minimum Gasteiger partial charge on any atom is -0.334 e. The van der Waals surface area contributed by atoms with Gasteiger partial charge in [-0.25, -0.2) is 0 Å². The minimum absolute atomic E-state index is 0.165. The first-order valence-electron chi connectivity index (χ1n) is 8.23. The van der Waals surface area contributed by atoms with Gasteiger partial charge in [0.25, 0.3) is 5.91 Å². The number of rotatable bonds is 5. The molecule has 2 aliphatic rings. The highest BCUT2D eigenvalue weighted by Crippen LogP contribution is 2.30. The largest absolute Gasteiger partial charge is 0.334 e. The lowest BCUT2D eigenvalue weighted by molar-refractivity contribution is 0.0693. The summed E-state index contributed by atoms with van der Waals surface area (Å²) in [4.78, 5) is 15.0. The van der Waals surface area contributed by atoms with Crippen LogP contribution in [0.4, 0.5) is 0 Å². The molecule has 2 heterocycles. The Morgan fingerprint density at radius 3 is 2.86 bits per heavy atom. The van der Waals surface area contributed by atoms with E-state index in [2.05, 4.69) is 22.2 Å². The number of carbonyl (C=O) groups excluding carboxylic acids is 1. The van der Waals surface area contributed by atoms with Crippen LogP contribution in [0.2, 0.25) is 0 Å². The lowest BCUT2D eigenvalue weighted by atomic mass is 9.99. The van der Waals surface area contributed by atoms with E-state index in [1.54, 1.807) is 4.68 Å². The lowest BCUT2D eigenvalue weighted by Gasteiger charge is -2.30. The third-order valence-electron chi connectivity index (χ3n) is 4.61. The highest BCUT2D eigenvalue weighted by molar-refractivity contribution is 5.93. The molecule has 1 N–H and O–H groups in total. The molecule has 0 bridgehead atoms. The molecular formula is C16H26N4O. The third kappa shape index (κ3) is 3.28. The van der Waals surface area contributed by atoms with Crippen LogP contribution in [0.25, 0.3) is 0 Å². The van der Waals surface area contributed by atoms with Crippen LogP contribution in [0.3, 0.4) is 0 Å². The summed E-state index contributed by atoms with van der Waals surface area (Å²) < 4.78 is 1.75. The molecule has 0 radical (unpaired) electrons. The van der Waals surface area contributed by atoms with Gasteiger partial charge in [-0.3, -0.25) is 9.48 Å². The zero-order chi connectivity index (χ0) is 14.8. The van der Waals surface area contributed by atoms with E-state index in [0.29, 0.717) is 12.0 Å². The summed E-state index contributed by atoms with van der Waals surface area (Å²) in [6.45, 7) is 5.13. The summed E-state index contributed by atoms with van der Waals surface area (Å²) in [6.07, 6.45) is 5.64. The lowest BCUT2D eigenvalue weighted by Crippen LogP contribution is -2.42. The molecule has 1 saturated heterocycles. The van der Waals surface area contributed by atoms with Gasteiger partial charge in [-0.2, -0.15) is 5.10 Å². The summed E-state index contributed by atoms with van der Waals surface area (Å²) >= 11 is 0. The molecule has 1 aliphatic carbocycles. The van der Waals surface area contributed by atoms with Gasteiger partial charge in [-0.15, -0.1) is 0 Å². The molecule has 5 nitrogen and oxygen atoms in total. The molecule has 1 unspecified atom stereocenters. The maximum absolute atomic E-state index is 12.9. The Morgan fingerprint density at radius 1 is 1.48 bits per heavy atom. The zero-order valence-corrected chi connectivity index (χ0v) is 13.1. The monoisotopic (exact) mass is 290 g/mol. The number of hydrogen-bond acceptors (Lipinski definition) is 3. The molecule has 5 heteroatoms. The summed E-state index contributed by atoms with van der Waals surface area (Å²) in [5.74, 6) is 0.764. The van der Waals surface area contributed by atoms with Crippen molar-refractivity contribution in [3.8, 4) is 0 Å². The van der Waals surface area contributed by atoms with Gasteiger partial charge in [-0.05, 0) is 57.2 Å². The fourth-order valence-corrected chi connectivity index (χ4v) is 3.19. The molecule has 1 amide bonds. The van der Waals surface area contributed by atoms with Crippen molar-refractivity contribution in [2.45, 2.75) is 45.1 Å². The summed E-state index contributed by atoms with van der Waals surface area (Å²) in [6, 6.07) is 2.41. The Kier molecular flexibility index (Phi) is 4.29. The fourth-order valence-electron chi connectivity index (χ4n) is 3.19. The Bertz CT molecular complexity index is 500. The minimum atomic E-state index is 0.165. The number of nitrogens with zero attached hydrogens (tertiary/aromatic N) is 3. The standard InChI is InChI=1S/C16H26N4O/c1-3-13-9-15(19(2)18-13)16(21)20(14-6-7-14)11-12-5-4-8-17-10-12/h9,12,14,17H,3-8,10-11H2,1-2H3. The van der Waals surface area contributed by atoms with E-state index in [1.807, 2.05) is 13.1 Å². The Labute approximate surface area is 126 Å². The first-order chi connectivity index (χ1) is 10.2. The quantitative estimate of drug-likeness (QED) is 0.896. The van der Waals surface area contributed by atoms with Crippen molar-refractivity contribution in [1.82, 2.24) is 20.0 Å². The average molecular weight is 290 g/mol. The highest BCUT2D eigenvalue weighted by atomic mass is 16.2. The van der Waals surface area contributed by atoms with Gasteiger partial charge in [0.1, 0.15) is 5.69 Å². The van der Waals surface area contributed by atoms with Gasteiger partial charge >= 0.3 is 0 Å². The van der Waals surface area contributed by atoms with Crippen LogP contribution in [0, 0.1) is 5.92 Å². The fraction of sp³-hybridized carbons (Fsp3) is 0.750. The molecule has 1 saturated carbocycles. The molecule has 0 spiro atoms. The van der Waals surface area contributed by atoms with Crippen molar-refractivity contribution in [2.75, 3.05) is 19.6 Å². The topological polar surface area (TPSA) is 50.2 Å². The number of hydrogen-bond donors (Lipinski definition) is 1. The Hall–Kier alpha value is -1.36. The van der Waals surface area contributed by atoms with Gasteiger partial charge in [-0.1, -0.05) is 6.92 Å². The molecule has 2 fully saturated rings. The summed E-state index contributed by atoms with van der Waals surface area (Å²) in [5, 5.41) is 7.86. The van der Waals surface area contributed by atoms with Gasteiger partial charge in [0.15, 0.2) is 0 Å². The number of amides is 1. The van der Waals surface area contributed by atoms with E-state index in [0.717, 1.165) is 50.3 Å². The second-order valence-electron chi connectivity index (χ2n) is 6.40. The van der Waals surface area contributed by atoms with E-state index in [1.165, 1.54) is 12.8 Å². The molecule has 1 atom stereocenters. The maximum atomic E-state index is 12.9. The van der Waals surface area contributed by atoms with Crippen LogP contribution in [-0.2, 0) is 13.5 Å². The van der Waals surface area contributed by atoms with Crippen molar-refractivity contribution in [3.63, 3.8) is 0 Å². The average Bonchev–Trinajstić information content (AvgIpc) is 3.27. The molecule has 1 aliphatic heterocycles. The molecule has 116 valence electrons. The van der Waals surface area contributed by atoms with E-state index < -0.39 is 0 Å². The van der Waals surface area contributed by atoms with E-state index in [9.17, 15) is 4.79 Å². The highest BCUT2D eigenvalue weighted by Gasteiger charge is 2.35. The summed E-state index contributed by atoms with van der Waals surface area (Å²) in [5.41, 5.74) is 1.73. The number of carbonyl (C=O) groups is 1. The predicted molar refractivity (Wildman–Crippen MR) is 82.2 cm³/mol. The zero-order valence-electron chi connectivity index (χ0n) is 13.1. The van der Waals surface area contributed by atoms with E-state index in [-0.39, 0.29) is 5.91 Å². The molecule has 3 rings (SSSR count). The van der Waals surface area contributed by atoms with Gasteiger partial charge in [0, 0.05) is 19.6 Å². The third-order valence-corrected chi connectivity index (χ3v) is 4.61. The molecule has 0 aromatic carbocycles. The van der Waals surface area contributed by atoms with Gasteiger partial charge < -0.3 is 10.2 Å². The van der Waals surface area contributed by atoms with Crippen LogP contribution in [0.15, 0.2) is 6.07 Å². The number of aromatic nitrogens is 2. The van der Waals surface area contributed by atoms with E-state index in [4.69, 9.17) is 0 Å². The van der Waals surface area contributed by atoms with Crippen LogP contribution in [0.5, 0.6) is 0 Å². The number of aryl methyl sites for hydroxylation is 2. The van der Waals surface area contributed by atoms with Crippen LogP contribution in [0.1, 0.15) is 48.8 Å². The van der Waals surface area contributed by atoms with Gasteiger partial charge in [0.05, 0.1) is 5.69 Å². The van der Waals surface area contributed by atoms with Crippen molar-refractivity contribution in [1.29, 1.82) is 0 Å². The van der Waals surface area contributed by atoms with Crippen molar-refractivity contribution in [3.05, 3.63) is 17.5 Å². The Morgan fingerprint density at radius 2 is 2.29 bits per heavy atom. The Balaban J connectivity index is 1.73. The first kappa shape index (κ1) is 14.6. The van der Waals surface area contributed by atoms with Crippen molar-refractivity contribution < 1.29 is 4.79 Å². The maximum Gasteiger partial charge on any atom is 0.272 e. The van der Waals surface area contributed by atoms with Crippen LogP contribution in [-0.4, -0.2) is 46.3 Å². The molecule has 1 aromatic heterocycles. The number of nitrogens with one attached hydrogen (secondary N) is 1. The first-order valence-corrected chi connectivity index (χ1v) is 8.23. The SMILES string of the molecule is CCc1cc(C(=O)N(CC2CCCNC2)C2CC2)n(C)n1. The second kappa shape index (κ2) is 6.18. The predicted octanol–water partition coefficient (Wildman–Crippen LogP) is 1.59. The smallest absolute Gasteiger partial charge is 0.272 e. The van der Waals surface area contributed by atoms with Crippen molar-refractivity contribution in [2.24, 2.45) is 13.0 Å².